The minimum Gasteiger partial charge on any atom is -0.465 e. The largest absolute Gasteiger partial charge is 0.465 e. The molecule has 2 rings (SSSR count). The van der Waals surface area contributed by atoms with E-state index in [1.165, 1.54) is 12.1 Å². The summed E-state index contributed by atoms with van der Waals surface area (Å²) in [4.78, 5) is 14.4. The van der Waals surface area contributed by atoms with Crippen LogP contribution in [0.2, 0.25) is 0 Å². The lowest BCUT2D eigenvalue weighted by molar-refractivity contribution is -0.384. The number of nitrogen functional groups attached to an aromatic ring is 1. The first-order chi connectivity index (χ1) is 9.10. The summed E-state index contributed by atoms with van der Waals surface area (Å²) in [6.45, 7) is 2.12. The van der Waals surface area contributed by atoms with Gasteiger partial charge in [0.2, 0.25) is 5.82 Å². The van der Waals surface area contributed by atoms with Crippen LogP contribution >= 0.6 is 0 Å². The third-order valence-corrected chi connectivity index (χ3v) is 2.44. The number of hydrogen-bond donors (Lipinski definition) is 3. The molecule has 0 spiro atoms. The molecule has 0 aliphatic rings. The van der Waals surface area contributed by atoms with Crippen LogP contribution < -0.4 is 16.6 Å². The maximum atomic E-state index is 10.9. The summed E-state index contributed by atoms with van der Waals surface area (Å²) in [7, 11) is 0. The van der Waals surface area contributed by atoms with E-state index in [0.29, 0.717) is 18.1 Å². The summed E-state index contributed by atoms with van der Waals surface area (Å²) in [5, 5.41) is 13.7. The lowest BCUT2D eigenvalue weighted by Crippen LogP contribution is -2.11. The van der Waals surface area contributed by atoms with Crippen molar-refractivity contribution < 1.29 is 9.34 Å². The van der Waals surface area contributed by atoms with Gasteiger partial charge in [0, 0.05) is 6.07 Å². The number of anilines is 2. The van der Waals surface area contributed by atoms with Gasteiger partial charge in [0.05, 0.1) is 11.5 Å². The maximum Gasteiger partial charge on any atom is 0.311 e. The Morgan fingerprint density at radius 1 is 1.42 bits per heavy atom. The minimum absolute atomic E-state index is 0.123. The highest BCUT2D eigenvalue weighted by molar-refractivity contribution is 5.59. The van der Waals surface area contributed by atoms with Gasteiger partial charge in [-0.2, -0.15) is 0 Å². The van der Waals surface area contributed by atoms with Crippen LogP contribution in [0.5, 0.6) is 0 Å². The number of furan rings is 1. The molecule has 4 N–H and O–H groups in total. The topological polar surface area (TPSA) is 119 Å². The van der Waals surface area contributed by atoms with Gasteiger partial charge in [-0.05, 0) is 25.1 Å². The van der Waals surface area contributed by atoms with Gasteiger partial charge in [-0.3, -0.25) is 10.1 Å². The number of nitrogens with two attached hydrogens (primary N) is 1. The smallest absolute Gasteiger partial charge is 0.311 e. The highest BCUT2D eigenvalue weighted by Gasteiger charge is 2.16. The normalized spacial score (nSPS) is 10.2. The fraction of sp³-hybridized carbons (Fsp3) is 0.182. The Labute approximate surface area is 108 Å². The van der Waals surface area contributed by atoms with Crippen molar-refractivity contribution in [1.29, 1.82) is 0 Å². The third kappa shape index (κ3) is 2.99. The summed E-state index contributed by atoms with van der Waals surface area (Å²) in [6, 6.07) is 6.37. The van der Waals surface area contributed by atoms with Gasteiger partial charge < -0.3 is 15.2 Å². The van der Waals surface area contributed by atoms with Gasteiger partial charge in [0.15, 0.2) is 0 Å². The van der Waals surface area contributed by atoms with Crippen molar-refractivity contribution in [3.8, 4) is 0 Å². The molecule has 8 heteroatoms. The molecule has 100 valence electrons. The molecule has 0 saturated heterocycles. The Hall–Kier alpha value is -2.61. The van der Waals surface area contributed by atoms with E-state index in [2.05, 4.69) is 15.7 Å². The van der Waals surface area contributed by atoms with E-state index < -0.39 is 4.92 Å². The van der Waals surface area contributed by atoms with Crippen LogP contribution in [0, 0.1) is 17.0 Å². The number of nitrogens with one attached hydrogen (secondary N) is 2. The number of nitro groups is 1. The number of nitrogens with zero attached hydrogens (tertiary/aromatic N) is 2. The van der Waals surface area contributed by atoms with Crippen LogP contribution in [0.1, 0.15) is 11.5 Å². The average molecular weight is 263 g/mol. The molecule has 2 aromatic rings. The third-order valence-electron chi connectivity index (χ3n) is 2.44. The molecule has 0 aliphatic heterocycles. The molecule has 0 unspecified atom stereocenters. The molecule has 0 radical (unpaired) electrons. The molecule has 19 heavy (non-hydrogen) atoms. The summed E-state index contributed by atoms with van der Waals surface area (Å²) in [6.07, 6.45) is 0. The predicted octanol–water partition coefficient (Wildman–Crippen LogP) is 1.79. The van der Waals surface area contributed by atoms with Crippen molar-refractivity contribution in [3.05, 3.63) is 45.9 Å². The zero-order valence-electron chi connectivity index (χ0n) is 10.2. The molecule has 0 atom stereocenters. The molecule has 2 aromatic heterocycles. The van der Waals surface area contributed by atoms with Gasteiger partial charge in [0.1, 0.15) is 17.3 Å². The Morgan fingerprint density at radius 3 is 2.79 bits per heavy atom. The van der Waals surface area contributed by atoms with Crippen LogP contribution in [0.4, 0.5) is 17.3 Å². The van der Waals surface area contributed by atoms with Crippen molar-refractivity contribution in [2.75, 3.05) is 10.7 Å². The molecule has 0 fully saturated rings. The van der Waals surface area contributed by atoms with Crippen LogP contribution in [0.25, 0.3) is 0 Å². The van der Waals surface area contributed by atoms with Crippen molar-refractivity contribution in [2.24, 2.45) is 5.84 Å². The van der Waals surface area contributed by atoms with E-state index in [0.717, 1.165) is 5.76 Å². The molecule has 0 saturated carbocycles. The number of hydrazine groups is 1. The Kier molecular flexibility index (Phi) is 3.62. The quantitative estimate of drug-likeness (QED) is 0.427. The summed E-state index contributed by atoms with van der Waals surface area (Å²) in [5.74, 6) is 7.14. The standard InChI is InChI=1S/C11H13N5O3/c1-7-2-3-8(19-7)6-13-11-9(16(17)18)4-5-10(14-11)15-12/h2-5H,6,12H2,1H3,(H2,13,14,15). The first kappa shape index (κ1) is 12.8. The van der Waals surface area contributed by atoms with Crippen LogP contribution in [0.15, 0.2) is 28.7 Å². The number of aromatic nitrogens is 1. The van der Waals surface area contributed by atoms with Crippen LogP contribution in [-0.2, 0) is 6.54 Å². The minimum atomic E-state index is -0.511. The number of hydrogen-bond acceptors (Lipinski definition) is 7. The van der Waals surface area contributed by atoms with E-state index in [4.69, 9.17) is 10.3 Å². The van der Waals surface area contributed by atoms with Crippen LogP contribution in [0.3, 0.4) is 0 Å². The van der Waals surface area contributed by atoms with Crippen molar-refractivity contribution in [3.63, 3.8) is 0 Å². The highest BCUT2D eigenvalue weighted by atomic mass is 16.6. The molecular formula is C11H13N5O3. The molecule has 2 heterocycles. The zero-order valence-corrected chi connectivity index (χ0v) is 10.2. The van der Waals surface area contributed by atoms with Crippen molar-refractivity contribution in [2.45, 2.75) is 13.5 Å². The van der Waals surface area contributed by atoms with E-state index >= 15 is 0 Å². The summed E-state index contributed by atoms with van der Waals surface area (Å²) < 4.78 is 5.36. The van der Waals surface area contributed by atoms with Crippen LogP contribution in [-0.4, -0.2) is 9.91 Å². The zero-order chi connectivity index (χ0) is 13.8. The number of aryl methyl sites for hydroxylation is 1. The lowest BCUT2D eigenvalue weighted by Gasteiger charge is -2.06. The monoisotopic (exact) mass is 263 g/mol. The van der Waals surface area contributed by atoms with Gasteiger partial charge >= 0.3 is 5.69 Å². The maximum absolute atomic E-state index is 10.9. The number of pyridine rings is 1. The van der Waals surface area contributed by atoms with E-state index in [1.54, 1.807) is 6.07 Å². The average Bonchev–Trinajstić information content (AvgIpc) is 2.81. The molecule has 0 aromatic carbocycles. The molecule has 8 nitrogen and oxygen atoms in total. The summed E-state index contributed by atoms with van der Waals surface area (Å²) >= 11 is 0. The first-order valence-electron chi connectivity index (χ1n) is 5.51. The second-order valence-electron chi connectivity index (χ2n) is 3.83. The Bertz CT molecular complexity index is 596. The van der Waals surface area contributed by atoms with Crippen molar-refractivity contribution >= 4 is 17.3 Å². The lowest BCUT2D eigenvalue weighted by atomic mass is 10.3. The number of rotatable bonds is 5. The Balaban J connectivity index is 2.19. The predicted molar refractivity (Wildman–Crippen MR) is 69.5 cm³/mol. The molecule has 0 aliphatic carbocycles. The first-order valence-corrected chi connectivity index (χ1v) is 5.51. The van der Waals surface area contributed by atoms with Gasteiger partial charge in [0.25, 0.3) is 0 Å². The van der Waals surface area contributed by atoms with Crippen molar-refractivity contribution in [1.82, 2.24) is 4.98 Å². The molecular weight excluding hydrogens is 250 g/mol. The SMILES string of the molecule is Cc1ccc(CNc2nc(NN)ccc2[N+](=O)[O-])o1. The fourth-order valence-corrected chi connectivity index (χ4v) is 1.56. The Morgan fingerprint density at radius 2 is 2.21 bits per heavy atom. The fourth-order valence-electron chi connectivity index (χ4n) is 1.56. The van der Waals surface area contributed by atoms with Gasteiger partial charge in [-0.1, -0.05) is 0 Å². The van der Waals surface area contributed by atoms with Gasteiger partial charge in [-0.25, -0.2) is 10.8 Å². The second-order valence-corrected chi connectivity index (χ2v) is 3.83. The summed E-state index contributed by atoms with van der Waals surface area (Å²) in [5.41, 5.74) is 2.22. The van der Waals surface area contributed by atoms with E-state index in [9.17, 15) is 10.1 Å². The molecule has 0 amide bonds. The highest BCUT2D eigenvalue weighted by Crippen LogP contribution is 2.24. The van der Waals surface area contributed by atoms with E-state index in [1.807, 2.05) is 13.0 Å². The van der Waals surface area contributed by atoms with E-state index in [-0.39, 0.29) is 11.5 Å². The van der Waals surface area contributed by atoms with Gasteiger partial charge in [-0.15, -0.1) is 0 Å². The molecule has 0 bridgehead atoms. The second kappa shape index (κ2) is 5.36.